The van der Waals surface area contributed by atoms with Crippen molar-refractivity contribution in [2.75, 3.05) is 26.9 Å². The maximum atomic E-state index is 13.0. The molecule has 142 valence electrons. The van der Waals surface area contributed by atoms with Crippen LogP contribution in [0.15, 0.2) is 18.2 Å². The number of aryl methyl sites for hydroxylation is 1. The second-order valence-corrected chi connectivity index (χ2v) is 7.12. The van der Waals surface area contributed by atoms with Gasteiger partial charge in [0, 0.05) is 25.7 Å². The van der Waals surface area contributed by atoms with Crippen LogP contribution < -0.4 is 4.74 Å². The number of methoxy groups -OCH3 is 1. The number of carbonyl (C=O) groups excluding carboxylic acids is 1. The molecule has 0 unspecified atom stereocenters. The number of amides is 1. The van der Waals surface area contributed by atoms with Gasteiger partial charge in [-0.1, -0.05) is 6.07 Å². The molecule has 1 aliphatic heterocycles. The van der Waals surface area contributed by atoms with Crippen LogP contribution in [0.5, 0.6) is 5.75 Å². The van der Waals surface area contributed by atoms with Gasteiger partial charge in [0.2, 0.25) is 5.91 Å². The van der Waals surface area contributed by atoms with Crippen molar-refractivity contribution < 1.29 is 24.2 Å². The second kappa shape index (κ2) is 8.54. The Morgan fingerprint density at radius 2 is 2.04 bits per heavy atom. The van der Waals surface area contributed by atoms with Crippen LogP contribution in [0.4, 0.5) is 0 Å². The summed E-state index contributed by atoms with van der Waals surface area (Å²) in [7, 11) is 1.66. The number of rotatable bonds is 6. The lowest BCUT2D eigenvalue weighted by atomic mass is 9.80. The van der Waals surface area contributed by atoms with E-state index in [0.717, 1.165) is 25.0 Å². The van der Waals surface area contributed by atoms with E-state index in [9.17, 15) is 14.7 Å². The summed E-state index contributed by atoms with van der Waals surface area (Å²) in [5, 5.41) is 9.25. The highest BCUT2D eigenvalue weighted by Crippen LogP contribution is 2.36. The van der Waals surface area contributed by atoms with Crippen molar-refractivity contribution in [1.29, 1.82) is 0 Å². The summed E-state index contributed by atoms with van der Waals surface area (Å²) in [4.78, 5) is 25.8. The first-order valence-corrected chi connectivity index (χ1v) is 9.34. The first-order valence-electron chi connectivity index (χ1n) is 9.34. The van der Waals surface area contributed by atoms with Crippen molar-refractivity contribution in [1.82, 2.24) is 4.90 Å². The molecule has 1 heterocycles. The zero-order valence-electron chi connectivity index (χ0n) is 15.3. The number of hydrogen-bond acceptors (Lipinski definition) is 4. The number of carboxylic acid groups (broad SMARTS) is 1. The molecule has 1 fully saturated rings. The van der Waals surface area contributed by atoms with Gasteiger partial charge >= 0.3 is 5.97 Å². The lowest BCUT2D eigenvalue weighted by molar-refractivity contribution is -0.148. The monoisotopic (exact) mass is 361 g/mol. The molecule has 0 saturated carbocycles. The summed E-state index contributed by atoms with van der Waals surface area (Å²) in [5.74, 6) is -0.0367. The van der Waals surface area contributed by atoms with E-state index >= 15 is 0 Å². The highest BCUT2D eigenvalue weighted by molar-refractivity contribution is 5.82. The highest BCUT2D eigenvalue weighted by atomic mass is 16.5. The van der Waals surface area contributed by atoms with Crippen LogP contribution in [0.1, 0.15) is 49.1 Å². The van der Waals surface area contributed by atoms with Gasteiger partial charge in [-0.15, -0.1) is 0 Å². The van der Waals surface area contributed by atoms with Gasteiger partial charge in [-0.25, -0.2) is 0 Å². The Morgan fingerprint density at radius 3 is 2.73 bits per heavy atom. The number of fused-ring (bicyclic) bond motifs is 1. The molecule has 6 heteroatoms. The average molecular weight is 361 g/mol. The Kier molecular flexibility index (Phi) is 6.14. The van der Waals surface area contributed by atoms with Crippen LogP contribution in [0.2, 0.25) is 0 Å². The Labute approximate surface area is 154 Å². The maximum absolute atomic E-state index is 13.0. The molecule has 0 radical (unpaired) electrons. The lowest BCUT2D eigenvalue weighted by Crippen LogP contribution is -2.46. The molecule has 1 N–H and O–H groups in total. The van der Waals surface area contributed by atoms with E-state index in [0.29, 0.717) is 32.5 Å². The molecule has 1 amide bonds. The Hall–Kier alpha value is -2.08. The number of carboxylic acids is 1. The van der Waals surface area contributed by atoms with Crippen molar-refractivity contribution in [3.8, 4) is 5.75 Å². The summed E-state index contributed by atoms with van der Waals surface area (Å²) < 4.78 is 10.7. The smallest absolute Gasteiger partial charge is 0.323 e. The SMILES string of the molecule is COc1ccc2c(c1)CCC[C@H]2CC(=O)N(CC(=O)O)C1CCOCC1. The molecular formula is C20H27NO5. The third-order valence-electron chi connectivity index (χ3n) is 5.47. The minimum Gasteiger partial charge on any atom is -0.497 e. The summed E-state index contributed by atoms with van der Waals surface area (Å²) >= 11 is 0. The van der Waals surface area contributed by atoms with Crippen molar-refractivity contribution >= 4 is 11.9 Å². The Balaban J connectivity index is 1.74. The molecule has 1 aromatic rings. The maximum Gasteiger partial charge on any atom is 0.323 e. The molecule has 26 heavy (non-hydrogen) atoms. The molecule has 1 saturated heterocycles. The van der Waals surface area contributed by atoms with Gasteiger partial charge in [0.05, 0.1) is 7.11 Å². The van der Waals surface area contributed by atoms with Crippen LogP contribution in [-0.4, -0.2) is 54.8 Å². The zero-order valence-corrected chi connectivity index (χ0v) is 15.3. The molecule has 1 aromatic carbocycles. The largest absolute Gasteiger partial charge is 0.497 e. The molecule has 1 atom stereocenters. The summed E-state index contributed by atoms with van der Waals surface area (Å²) in [6.07, 6.45) is 4.77. The van der Waals surface area contributed by atoms with E-state index in [1.165, 1.54) is 11.1 Å². The van der Waals surface area contributed by atoms with Crippen LogP contribution in [-0.2, 0) is 20.7 Å². The van der Waals surface area contributed by atoms with Crippen molar-refractivity contribution in [2.45, 2.75) is 50.5 Å². The van der Waals surface area contributed by atoms with Crippen LogP contribution in [0.3, 0.4) is 0 Å². The zero-order chi connectivity index (χ0) is 18.5. The van der Waals surface area contributed by atoms with Crippen molar-refractivity contribution in [3.05, 3.63) is 29.3 Å². The van der Waals surface area contributed by atoms with E-state index in [1.807, 2.05) is 6.07 Å². The fraction of sp³-hybridized carbons (Fsp3) is 0.600. The molecule has 6 nitrogen and oxygen atoms in total. The van der Waals surface area contributed by atoms with Crippen molar-refractivity contribution in [2.24, 2.45) is 0 Å². The van der Waals surface area contributed by atoms with Gasteiger partial charge in [-0.05, 0) is 61.3 Å². The highest BCUT2D eigenvalue weighted by Gasteiger charge is 2.31. The third kappa shape index (κ3) is 4.36. The molecule has 1 aliphatic carbocycles. The topological polar surface area (TPSA) is 76.1 Å². The summed E-state index contributed by atoms with van der Waals surface area (Å²) in [5.41, 5.74) is 2.44. The molecular weight excluding hydrogens is 334 g/mol. The first kappa shape index (κ1) is 18.7. The number of carbonyl (C=O) groups is 2. The minimum atomic E-state index is -0.960. The van der Waals surface area contributed by atoms with Crippen LogP contribution in [0.25, 0.3) is 0 Å². The lowest BCUT2D eigenvalue weighted by Gasteiger charge is -2.35. The summed E-state index contributed by atoms with van der Waals surface area (Å²) in [6.45, 7) is 0.936. The van der Waals surface area contributed by atoms with E-state index in [2.05, 4.69) is 12.1 Å². The van der Waals surface area contributed by atoms with E-state index in [4.69, 9.17) is 9.47 Å². The summed E-state index contributed by atoms with van der Waals surface area (Å²) in [6, 6.07) is 6.02. The molecule has 0 bridgehead atoms. The number of aliphatic carboxylic acids is 1. The fourth-order valence-corrected chi connectivity index (χ4v) is 4.12. The Morgan fingerprint density at radius 1 is 1.27 bits per heavy atom. The standard InChI is InChI=1S/C20H27NO5/c1-25-17-5-6-18-14(11-17)3-2-4-15(18)12-19(22)21(13-20(23)24)16-7-9-26-10-8-16/h5-6,11,15-16H,2-4,7-10,12-13H2,1H3,(H,23,24)/t15-/m0/s1. The van der Waals surface area contributed by atoms with Crippen LogP contribution in [0, 0.1) is 0 Å². The Bertz CT molecular complexity index is 654. The van der Waals surface area contributed by atoms with Gasteiger partial charge in [0.25, 0.3) is 0 Å². The predicted octanol–water partition coefficient (Wildman–Crippen LogP) is 2.60. The van der Waals surface area contributed by atoms with Gasteiger partial charge < -0.3 is 19.5 Å². The number of nitrogens with zero attached hydrogens (tertiary/aromatic N) is 1. The van der Waals surface area contributed by atoms with E-state index in [-0.39, 0.29) is 24.4 Å². The molecule has 3 rings (SSSR count). The van der Waals surface area contributed by atoms with Gasteiger partial charge in [-0.3, -0.25) is 9.59 Å². The quantitative estimate of drug-likeness (QED) is 0.843. The molecule has 0 aromatic heterocycles. The third-order valence-corrected chi connectivity index (χ3v) is 5.47. The fourth-order valence-electron chi connectivity index (χ4n) is 4.12. The molecule has 2 aliphatic rings. The average Bonchev–Trinajstić information content (AvgIpc) is 2.66. The predicted molar refractivity (Wildman–Crippen MR) is 96.5 cm³/mol. The van der Waals surface area contributed by atoms with Crippen LogP contribution >= 0.6 is 0 Å². The van der Waals surface area contributed by atoms with E-state index < -0.39 is 5.97 Å². The van der Waals surface area contributed by atoms with Crippen molar-refractivity contribution in [3.63, 3.8) is 0 Å². The first-order chi connectivity index (χ1) is 12.6. The minimum absolute atomic E-state index is 0.0359. The molecule has 0 spiro atoms. The van der Waals surface area contributed by atoms with Gasteiger partial charge in [0.15, 0.2) is 0 Å². The number of ether oxygens (including phenoxy) is 2. The van der Waals surface area contributed by atoms with Gasteiger partial charge in [-0.2, -0.15) is 0 Å². The number of hydrogen-bond donors (Lipinski definition) is 1. The number of benzene rings is 1. The van der Waals surface area contributed by atoms with Gasteiger partial charge in [0.1, 0.15) is 12.3 Å². The second-order valence-electron chi connectivity index (χ2n) is 7.12. The van der Waals surface area contributed by atoms with E-state index in [1.54, 1.807) is 12.0 Å². The normalized spacial score (nSPS) is 20.3.